The monoisotopic (exact) mass is 353 g/mol. The van der Waals surface area contributed by atoms with Crippen molar-refractivity contribution >= 4 is 21.7 Å². The molecule has 3 aromatic rings. The van der Waals surface area contributed by atoms with Gasteiger partial charge in [0.05, 0.1) is 10.4 Å². The minimum absolute atomic E-state index is 0.224. The van der Waals surface area contributed by atoms with Gasteiger partial charge in [0, 0.05) is 6.07 Å². The average Bonchev–Trinajstić information content (AvgIpc) is 2.57. The standard InChI is InChI=1S/C19H17BrN2/c20-17-11-12-18(21)22-19(17)16(15-9-5-2-6-10-15)13-14-7-3-1-4-8-14/h1-12,16H,13H2,(H2,21,22)/p+1. The van der Waals surface area contributed by atoms with Crippen LogP contribution in [0.25, 0.3) is 0 Å². The van der Waals surface area contributed by atoms with Crippen LogP contribution in [-0.2, 0) is 6.42 Å². The van der Waals surface area contributed by atoms with Crippen molar-refractivity contribution in [3.05, 3.63) is 94.1 Å². The van der Waals surface area contributed by atoms with Crippen LogP contribution >= 0.6 is 15.9 Å². The molecule has 0 radical (unpaired) electrons. The Bertz CT molecular complexity index is 742. The van der Waals surface area contributed by atoms with Crippen LogP contribution in [0.5, 0.6) is 0 Å². The Morgan fingerprint density at radius 3 is 2.18 bits per heavy atom. The lowest BCUT2D eigenvalue weighted by Crippen LogP contribution is -2.22. The first-order valence-electron chi connectivity index (χ1n) is 7.30. The lowest BCUT2D eigenvalue weighted by molar-refractivity contribution is -0.375. The Morgan fingerprint density at radius 2 is 1.50 bits per heavy atom. The highest BCUT2D eigenvalue weighted by Crippen LogP contribution is 2.30. The van der Waals surface area contributed by atoms with Crippen LogP contribution in [0.4, 0.5) is 5.82 Å². The van der Waals surface area contributed by atoms with Crippen LogP contribution in [-0.4, -0.2) is 0 Å². The molecule has 2 aromatic carbocycles. The highest BCUT2D eigenvalue weighted by molar-refractivity contribution is 9.10. The Labute approximate surface area is 139 Å². The first kappa shape index (κ1) is 14.8. The molecule has 0 saturated heterocycles. The third kappa shape index (κ3) is 3.37. The fourth-order valence-electron chi connectivity index (χ4n) is 2.68. The molecule has 22 heavy (non-hydrogen) atoms. The zero-order valence-corrected chi connectivity index (χ0v) is 13.8. The number of benzene rings is 2. The van der Waals surface area contributed by atoms with Crippen molar-refractivity contribution in [3.8, 4) is 0 Å². The third-order valence-electron chi connectivity index (χ3n) is 3.78. The maximum atomic E-state index is 5.96. The van der Waals surface area contributed by atoms with Crippen molar-refractivity contribution in [3.63, 3.8) is 0 Å². The van der Waals surface area contributed by atoms with Gasteiger partial charge in [-0.3, -0.25) is 5.73 Å². The molecule has 1 heterocycles. The molecule has 0 amide bonds. The van der Waals surface area contributed by atoms with E-state index in [1.165, 1.54) is 11.1 Å². The molecule has 2 nitrogen and oxygen atoms in total. The highest BCUT2D eigenvalue weighted by atomic mass is 79.9. The Morgan fingerprint density at radius 1 is 0.864 bits per heavy atom. The van der Waals surface area contributed by atoms with Crippen molar-refractivity contribution < 1.29 is 4.98 Å². The summed E-state index contributed by atoms with van der Waals surface area (Å²) in [5, 5.41) is 0. The summed E-state index contributed by atoms with van der Waals surface area (Å²) in [4.78, 5) is 3.33. The van der Waals surface area contributed by atoms with Crippen molar-refractivity contribution in [1.29, 1.82) is 0 Å². The molecule has 0 saturated carbocycles. The second kappa shape index (κ2) is 6.75. The SMILES string of the molecule is Nc1ccc(Br)c(C(Cc2ccccc2)c2ccccc2)[nH+]1. The molecule has 0 fully saturated rings. The van der Waals surface area contributed by atoms with Crippen LogP contribution in [0.15, 0.2) is 77.3 Å². The molecule has 0 spiro atoms. The van der Waals surface area contributed by atoms with Gasteiger partial charge in [-0.15, -0.1) is 0 Å². The lowest BCUT2D eigenvalue weighted by Gasteiger charge is -2.17. The maximum Gasteiger partial charge on any atom is 0.270 e. The van der Waals surface area contributed by atoms with E-state index in [-0.39, 0.29) is 5.92 Å². The number of aromatic amines is 1. The third-order valence-corrected chi connectivity index (χ3v) is 4.47. The summed E-state index contributed by atoms with van der Waals surface area (Å²) in [6.45, 7) is 0. The Kier molecular flexibility index (Phi) is 4.54. The topological polar surface area (TPSA) is 40.2 Å². The van der Waals surface area contributed by atoms with E-state index in [0.717, 1.165) is 16.6 Å². The van der Waals surface area contributed by atoms with Gasteiger partial charge in [0.2, 0.25) is 0 Å². The van der Waals surface area contributed by atoms with E-state index < -0.39 is 0 Å². The van der Waals surface area contributed by atoms with Crippen LogP contribution in [0, 0.1) is 0 Å². The smallest absolute Gasteiger partial charge is 0.270 e. The van der Waals surface area contributed by atoms with Gasteiger partial charge in [-0.05, 0) is 39.5 Å². The normalized spacial score (nSPS) is 12.0. The van der Waals surface area contributed by atoms with Crippen molar-refractivity contribution in [2.45, 2.75) is 12.3 Å². The molecule has 1 atom stereocenters. The van der Waals surface area contributed by atoms with E-state index >= 15 is 0 Å². The van der Waals surface area contributed by atoms with E-state index in [9.17, 15) is 0 Å². The van der Waals surface area contributed by atoms with Crippen molar-refractivity contribution in [2.75, 3.05) is 5.73 Å². The number of H-pyrrole nitrogens is 1. The summed E-state index contributed by atoms with van der Waals surface area (Å²) in [7, 11) is 0. The number of pyridine rings is 1. The van der Waals surface area contributed by atoms with E-state index in [2.05, 4.69) is 69.4 Å². The van der Waals surface area contributed by atoms with Gasteiger partial charge in [-0.25, -0.2) is 4.98 Å². The molecule has 0 aliphatic rings. The van der Waals surface area contributed by atoms with Gasteiger partial charge in [-0.2, -0.15) is 0 Å². The van der Waals surface area contributed by atoms with E-state index in [0.29, 0.717) is 5.82 Å². The fourth-order valence-corrected chi connectivity index (χ4v) is 3.19. The lowest BCUT2D eigenvalue weighted by atomic mass is 9.89. The second-order valence-corrected chi connectivity index (χ2v) is 6.18. The first-order chi connectivity index (χ1) is 10.7. The molecule has 3 N–H and O–H groups in total. The molecule has 3 rings (SSSR count). The molecule has 0 bridgehead atoms. The molecule has 0 aliphatic heterocycles. The van der Waals surface area contributed by atoms with Gasteiger partial charge in [0.25, 0.3) is 5.82 Å². The van der Waals surface area contributed by atoms with E-state index in [1.54, 1.807) is 0 Å². The number of aromatic nitrogens is 1. The number of hydrogen-bond acceptors (Lipinski definition) is 1. The van der Waals surface area contributed by atoms with Crippen LogP contribution in [0.2, 0.25) is 0 Å². The van der Waals surface area contributed by atoms with Gasteiger partial charge in [-0.1, -0.05) is 60.7 Å². The zero-order valence-electron chi connectivity index (χ0n) is 12.2. The number of rotatable bonds is 4. The quantitative estimate of drug-likeness (QED) is 0.749. The highest BCUT2D eigenvalue weighted by Gasteiger charge is 2.21. The molecule has 1 unspecified atom stereocenters. The number of anilines is 1. The summed E-state index contributed by atoms with van der Waals surface area (Å²) >= 11 is 3.65. The van der Waals surface area contributed by atoms with Gasteiger partial charge < -0.3 is 0 Å². The fraction of sp³-hybridized carbons (Fsp3) is 0.105. The summed E-state index contributed by atoms with van der Waals surface area (Å²) in [5.74, 6) is 0.897. The first-order valence-corrected chi connectivity index (χ1v) is 8.09. The summed E-state index contributed by atoms with van der Waals surface area (Å²) in [6.07, 6.45) is 0.920. The molecule has 0 aliphatic carbocycles. The van der Waals surface area contributed by atoms with Crippen LogP contribution in [0.1, 0.15) is 22.7 Å². The molecule has 110 valence electrons. The molecular formula is C19H18BrN2+. The van der Waals surface area contributed by atoms with Gasteiger partial charge in [0.15, 0.2) is 0 Å². The predicted octanol–water partition coefficient (Wildman–Crippen LogP) is 4.22. The minimum Gasteiger partial charge on any atom is -0.287 e. The van der Waals surface area contributed by atoms with Crippen LogP contribution < -0.4 is 10.7 Å². The maximum absolute atomic E-state index is 5.96. The number of hydrogen-bond donors (Lipinski definition) is 1. The molecule has 1 aromatic heterocycles. The second-order valence-electron chi connectivity index (χ2n) is 5.33. The molecule has 3 heteroatoms. The summed E-state index contributed by atoms with van der Waals surface area (Å²) < 4.78 is 1.05. The van der Waals surface area contributed by atoms with E-state index in [1.807, 2.05) is 24.3 Å². The van der Waals surface area contributed by atoms with E-state index in [4.69, 9.17) is 5.73 Å². The number of nitrogens with two attached hydrogens (primary N) is 1. The van der Waals surface area contributed by atoms with Crippen molar-refractivity contribution in [2.24, 2.45) is 0 Å². The summed E-state index contributed by atoms with van der Waals surface area (Å²) in [6, 6.07) is 24.9. The average molecular weight is 354 g/mol. The minimum atomic E-state index is 0.224. The Hall–Kier alpha value is -2.13. The summed E-state index contributed by atoms with van der Waals surface area (Å²) in [5.41, 5.74) is 9.64. The Balaban J connectivity index is 2.05. The number of halogens is 1. The van der Waals surface area contributed by atoms with Crippen LogP contribution in [0.3, 0.4) is 0 Å². The zero-order chi connectivity index (χ0) is 15.4. The van der Waals surface area contributed by atoms with Gasteiger partial charge >= 0.3 is 0 Å². The predicted molar refractivity (Wildman–Crippen MR) is 93.5 cm³/mol. The van der Waals surface area contributed by atoms with Crippen molar-refractivity contribution in [1.82, 2.24) is 0 Å². The largest absolute Gasteiger partial charge is 0.287 e. The molecular weight excluding hydrogens is 336 g/mol. The van der Waals surface area contributed by atoms with Gasteiger partial charge in [0.1, 0.15) is 5.69 Å². The number of nitrogens with one attached hydrogen (secondary N) is 1. The number of nitrogen functional groups attached to an aromatic ring is 1.